The molecule has 1 amide bonds. The molecule has 1 fully saturated rings. The molecule has 0 aliphatic carbocycles. The van der Waals surface area contributed by atoms with Crippen LogP contribution >= 0.6 is 12.4 Å². The van der Waals surface area contributed by atoms with Gasteiger partial charge in [0, 0.05) is 17.2 Å². The van der Waals surface area contributed by atoms with Crippen LogP contribution in [0.4, 0.5) is 5.69 Å². The number of aryl methyl sites for hydroxylation is 2. The smallest absolute Gasteiger partial charge is 0.227 e. The molecule has 0 saturated carbocycles. The van der Waals surface area contributed by atoms with Gasteiger partial charge >= 0.3 is 0 Å². The topological polar surface area (TPSA) is 82.7 Å². The Balaban J connectivity index is 0.00000192. The molecule has 23 heavy (non-hydrogen) atoms. The van der Waals surface area contributed by atoms with Gasteiger partial charge in [-0.3, -0.25) is 9.89 Å². The van der Waals surface area contributed by atoms with Gasteiger partial charge in [-0.05, 0) is 44.5 Å². The van der Waals surface area contributed by atoms with E-state index in [9.17, 15) is 4.79 Å². The summed E-state index contributed by atoms with van der Waals surface area (Å²) in [6.07, 6.45) is 0. The van der Waals surface area contributed by atoms with Gasteiger partial charge in [0.15, 0.2) is 5.82 Å². The van der Waals surface area contributed by atoms with Crippen molar-refractivity contribution in [3.05, 3.63) is 29.6 Å². The van der Waals surface area contributed by atoms with Crippen molar-refractivity contribution in [1.82, 2.24) is 20.5 Å². The lowest BCUT2D eigenvalue weighted by molar-refractivity contribution is -0.121. The normalized spacial score (nSPS) is 15.4. The number of halogens is 1. The zero-order chi connectivity index (χ0) is 15.7. The van der Waals surface area contributed by atoms with Gasteiger partial charge in [0.1, 0.15) is 5.82 Å². The molecule has 1 aliphatic rings. The maximum absolute atomic E-state index is 12.4. The van der Waals surface area contributed by atoms with E-state index in [1.807, 2.05) is 39.0 Å². The lowest BCUT2D eigenvalue weighted by Gasteiger charge is -2.31. The molecule has 1 saturated heterocycles. The summed E-state index contributed by atoms with van der Waals surface area (Å²) in [7, 11) is 0. The number of H-pyrrole nitrogens is 1. The predicted molar refractivity (Wildman–Crippen MR) is 92.7 cm³/mol. The van der Waals surface area contributed by atoms with E-state index in [1.54, 1.807) is 0 Å². The molecule has 3 rings (SSSR count). The number of hydrogen-bond acceptors (Lipinski definition) is 4. The third-order valence-electron chi connectivity index (χ3n) is 4.28. The Morgan fingerprint density at radius 2 is 2.09 bits per heavy atom. The average molecular weight is 336 g/mol. The molecule has 7 heteroatoms. The Morgan fingerprint density at radius 3 is 2.65 bits per heavy atom. The number of amides is 1. The fourth-order valence-corrected chi connectivity index (χ4v) is 2.49. The average Bonchev–Trinajstić information content (AvgIpc) is 2.86. The maximum Gasteiger partial charge on any atom is 0.227 e. The van der Waals surface area contributed by atoms with Gasteiger partial charge in [0.25, 0.3) is 0 Å². The van der Waals surface area contributed by atoms with Crippen LogP contribution in [-0.2, 0) is 4.79 Å². The van der Waals surface area contributed by atoms with Crippen molar-refractivity contribution < 1.29 is 4.79 Å². The fraction of sp³-hybridized carbons (Fsp3) is 0.438. The molecule has 6 nitrogen and oxygen atoms in total. The third-order valence-corrected chi connectivity index (χ3v) is 4.28. The first-order valence-electron chi connectivity index (χ1n) is 7.56. The second-order valence-electron chi connectivity index (χ2n) is 5.97. The highest BCUT2D eigenvalue weighted by atomic mass is 35.5. The summed E-state index contributed by atoms with van der Waals surface area (Å²) in [5.74, 6) is 1.92. The number of aromatic amines is 1. The second-order valence-corrected chi connectivity index (χ2v) is 5.97. The third kappa shape index (κ3) is 3.71. The fourth-order valence-electron chi connectivity index (χ4n) is 2.49. The van der Waals surface area contributed by atoms with Gasteiger partial charge in [-0.1, -0.05) is 19.1 Å². The first-order valence-corrected chi connectivity index (χ1v) is 7.56. The molecule has 1 unspecified atom stereocenters. The van der Waals surface area contributed by atoms with E-state index in [2.05, 4.69) is 25.8 Å². The Hall–Kier alpha value is -1.92. The predicted octanol–water partition coefficient (Wildman–Crippen LogP) is 2.30. The molecule has 0 radical (unpaired) electrons. The summed E-state index contributed by atoms with van der Waals surface area (Å²) in [5.41, 5.74) is 2.75. The molecule has 2 heterocycles. The highest BCUT2D eigenvalue weighted by Gasteiger charge is 2.28. The Kier molecular flexibility index (Phi) is 5.38. The van der Waals surface area contributed by atoms with Crippen LogP contribution in [0.5, 0.6) is 0 Å². The van der Waals surface area contributed by atoms with Crippen LogP contribution in [-0.4, -0.2) is 34.2 Å². The molecule has 124 valence electrons. The van der Waals surface area contributed by atoms with E-state index in [1.165, 1.54) is 0 Å². The Labute approximate surface area is 141 Å². The van der Waals surface area contributed by atoms with Crippen molar-refractivity contribution in [3.63, 3.8) is 0 Å². The van der Waals surface area contributed by atoms with Crippen molar-refractivity contribution in [2.24, 2.45) is 11.8 Å². The molecule has 0 bridgehead atoms. The number of hydrogen-bond donors (Lipinski definition) is 3. The number of rotatable bonds is 4. The largest absolute Gasteiger partial charge is 0.326 e. The molecule has 3 N–H and O–H groups in total. The zero-order valence-corrected chi connectivity index (χ0v) is 14.3. The molecule has 0 spiro atoms. The van der Waals surface area contributed by atoms with E-state index in [0.717, 1.165) is 35.7 Å². The first-order chi connectivity index (χ1) is 10.5. The molecular weight excluding hydrogens is 314 g/mol. The van der Waals surface area contributed by atoms with Gasteiger partial charge in [0.05, 0.1) is 0 Å². The number of aromatic nitrogens is 3. The van der Waals surface area contributed by atoms with E-state index in [-0.39, 0.29) is 24.2 Å². The van der Waals surface area contributed by atoms with Crippen LogP contribution in [0.1, 0.15) is 18.3 Å². The lowest BCUT2D eigenvalue weighted by atomic mass is 9.88. The standard InChI is InChI=1S/C16H21N5O.ClH/c1-9-4-5-12(15-18-11(3)20-21-15)6-14(9)19-16(22)10(2)13-7-17-8-13;/h4-6,10,13,17H,7-8H2,1-3H3,(H,19,22)(H,18,20,21);1H. The van der Waals surface area contributed by atoms with E-state index < -0.39 is 0 Å². The van der Waals surface area contributed by atoms with Gasteiger partial charge < -0.3 is 10.6 Å². The molecule has 2 aromatic rings. The monoisotopic (exact) mass is 335 g/mol. The molecule has 1 aromatic heterocycles. The minimum atomic E-state index is 0. The summed E-state index contributed by atoms with van der Waals surface area (Å²) in [5, 5.41) is 13.2. The van der Waals surface area contributed by atoms with Gasteiger partial charge in [-0.25, -0.2) is 4.98 Å². The van der Waals surface area contributed by atoms with Crippen LogP contribution in [0.2, 0.25) is 0 Å². The van der Waals surface area contributed by atoms with Crippen molar-refractivity contribution in [3.8, 4) is 11.4 Å². The number of anilines is 1. The van der Waals surface area contributed by atoms with Crippen LogP contribution in [0.15, 0.2) is 18.2 Å². The summed E-state index contributed by atoms with van der Waals surface area (Å²) in [6.45, 7) is 7.67. The van der Waals surface area contributed by atoms with Crippen molar-refractivity contribution in [2.75, 3.05) is 18.4 Å². The highest BCUT2D eigenvalue weighted by Crippen LogP contribution is 2.25. The minimum Gasteiger partial charge on any atom is -0.326 e. The van der Waals surface area contributed by atoms with Crippen molar-refractivity contribution >= 4 is 24.0 Å². The quantitative estimate of drug-likeness (QED) is 0.800. The SMILES string of the molecule is Cc1nc(-c2ccc(C)c(NC(=O)C(C)C3CNC3)c2)n[nH]1.Cl. The van der Waals surface area contributed by atoms with Gasteiger partial charge in [-0.2, -0.15) is 5.10 Å². The molecular formula is C16H22ClN5O. The van der Waals surface area contributed by atoms with Crippen LogP contribution in [0.3, 0.4) is 0 Å². The number of benzene rings is 1. The highest BCUT2D eigenvalue weighted by molar-refractivity contribution is 5.94. The van der Waals surface area contributed by atoms with Crippen LogP contribution in [0.25, 0.3) is 11.4 Å². The molecule has 1 atom stereocenters. The molecule has 1 aliphatic heterocycles. The Morgan fingerprint density at radius 1 is 1.35 bits per heavy atom. The maximum atomic E-state index is 12.4. The first kappa shape index (κ1) is 17.4. The summed E-state index contributed by atoms with van der Waals surface area (Å²) in [4.78, 5) is 16.7. The van der Waals surface area contributed by atoms with Crippen molar-refractivity contribution in [2.45, 2.75) is 20.8 Å². The Bertz CT molecular complexity index is 696. The van der Waals surface area contributed by atoms with Crippen molar-refractivity contribution in [1.29, 1.82) is 0 Å². The lowest BCUT2D eigenvalue weighted by Crippen LogP contribution is -2.48. The molecule has 1 aromatic carbocycles. The van der Waals surface area contributed by atoms with E-state index in [0.29, 0.717) is 11.7 Å². The summed E-state index contributed by atoms with van der Waals surface area (Å²) >= 11 is 0. The van der Waals surface area contributed by atoms with Crippen LogP contribution < -0.4 is 10.6 Å². The van der Waals surface area contributed by atoms with Gasteiger partial charge in [-0.15, -0.1) is 12.4 Å². The number of nitrogens with one attached hydrogen (secondary N) is 3. The minimum absolute atomic E-state index is 0. The number of carbonyl (C=O) groups excluding carboxylic acids is 1. The number of nitrogens with zero attached hydrogens (tertiary/aromatic N) is 2. The summed E-state index contributed by atoms with van der Waals surface area (Å²) in [6, 6.07) is 5.88. The number of carbonyl (C=O) groups is 1. The summed E-state index contributed by atoms with van der Waals surface area (Å²) < 4.78 is 0. The van der Waals surface area contributed by atoms with Crippen LogP contribution in [0, 0.1) is 25.7 Å². The zero-order valence-electron chi connectivity index (χ0n) is 13.5. The second kappa shape index (κ2) is 7.10. The van der Waals surface area contributed by atoms with E-state index in [4.69, 9.17) is 0 Å². The van der Waals surface area contributed by atoms with Gasteiger partial charge in [0.2, 0.25) is 5.91 Å². The van der Waals surface area contributed by atoms with E-state index >= 15 is 0 Å².